The van der Waals surface area contributed by atoms with Gasteiger partial charge in [-0.15, -0.1) is 0 Å². The Kier molecular flexibility index (Phi) is 1.15. The number of methoxy groups -OCH3 is 1. The average molecular weight is 168 g/mol. The summed E-state index contributed by atoms with van der Waals surface area (Å²) in [4.78, 5) is 0. The summed E-state index contributed by atoms with van der Waals surface area (Å²) >= 11 is 0. The molecule has 3 fully saturated rings. The van der Waals surface area contributed by atoms with Crippen molar-refractivity contribution in [3.8, 4) is 0 Å². The number of fused-ring (bicyclic) bond motifs is 1. The largest absolute Gasteiger partial charge is 0.390 e. The van der Waals surface area contributed by atoms with E-state index in [2.05, 4.69) is 0 Å². The van der Waals surface area contributed by atoms with Gasteiger partial charge in [-0.1, -0.05) is 0 Å². The van der Waals surface area contributed by atoms with Crippen molar-refractivity contribution >= 4 is 0 Å². The Morgan fingerprint density at radius 3 is 2.17 bits per heavy atom. The highest BCUT2D eigenvalue weighted by molar-refractivity contribution is 5.35. The van der Waals surface area contributed by atoms with E-state index in [0.29, 0.717) is 23.4 Å². The summed E-state index contributed by atoms with van der Waals surface area (Å²) in [6, 6.07) is 0. The maximum atomic E-state index is 9.82. The molecule has 0 aromatic carbocycles. The van der Waals surface area contributed by atoms with Crippen LogP contribution in [0.3, 0.4) is 0 Å². The van der Waals surface area contributed by atoms with Crippen molar-refractivity contribution < 1.29 is 9.84 Å². The molecule has 0 radical (unpaired) electrons. The fraction of sp³-hybridized carbons (Fsp3) is 1.00. The van der Waals surface area contributed by atoms with E-state index in [1.165, 1.54) is 25.7 Å². The predicted molar refractivity (Wildman–Crippen MR) is 44.7 cm³/mol. The van der Waals surface area contributed by atoms with Gasteiger partial charge in [0.2, 0.25) is 0 Å². The lowest BCUT2D eigenvalue weighted by molar-refractivity contribution is 0.0428. The van der Waals surface area contributed by atoms with Crippen LogP contribution in [-0.4, -0.2) is 24.9 Å². The van der Waals surface area contributed by atoms with Gasteiger partial charge in [0.15, 0.2) is 0 Å². The first kappa shape index (κ1) is 7.34. The fourth-order valence-electron chi connectivity index (χ4n) is 3.67. The molecule has 3 aliphatic carbocycles. The van der Waals surface area contributed by atoms with Crippen molar-refractivity contribution in [3.63, 3.8) is 0 Å². The molecule has 3 aliphatic rings. The second-order valence-corrected chi connectivity index (χ2v) is 4.81. The van der Waals surface area contributed by atoms with E-state index in [9.17, 15) is 5.11 Å². The van der Waals surface area contributed by atoms with Gasteiger partial charge in [0.25, 0.3) is 0 Å². The Hall–Kier alpha value is -0.0800. The number of hydrogen-bond acceptors (Lipinski definition) is 2. The molecule has 68 valence electrons. The van der Waals surface area contributed by atoms with Crippen LogP contribution in [0, 0.1) is 16.7 Å². The van der Waals surface area contributed by atoms with Crippen molar-refractivity contribution in [2.75, 3.05) is 13.7 Å². The number of rotatable bonds is 3. The minimum absolute atomic E-state index is 0.181. The Morgan fingerprint density at radius 1 is 1.33 bits per heavy atom. The van der Waals surface area contributed by atoms with Gasteiger partial charge in [0.1, 0.15) is 0 Å². The molecule has 2 heteroatoms. The van der Waals surface area contributed by atoms with Crippen molar-refractivity contribution in [1.29, 1.82) is 0 Å². The van der Waals surface area contributed by atoms with E-state index < -0.39 is 0 Å². The first-order valence-corrected chi connectivity index (χ1v) is 4.94. The van der Waals surface area contributed by atoms with Crippen LogP contribution < -0.4 is 0 Å². The van der Waals surface area contributed by atoms with E-state index in [-0.39, 0.29) is 6.10 Å². The molecule has 0 saturated heterocycles. The van der Waals surface area contributed by atoms with Gasteiger partial charge in [0.05, 0.1) is 12.7 Å². The Bertz CT molecular complexity index is 198. The van der Waals surface area contributed by atoms with Gasteiger partial charge < -0.3 is 9.84 Å². The van der Waals surface area contributed by atoms with E-state index in [1.54, 1.807) is 7.11 Å². The minimum Gasteiger partial charge on any atom is -0.390 e. The van der Waals surface area contributed by atoms with Crippen LogP contribution in [0.25, 0.3) is 0 Å². The third-order valence-corrected chi connectivity index (χ3v) is 4.40. The summed E-state index contributed by atoms with van der Waals surface area (Å²) in [6.45, 7) is 0.536. The molecule has 0 heterocycles. The molecule has 0 aromatic rings. The number of aliphatic hydroxyl groups excluding tert-OH is 1. The van der Waals surface area contributed by atoms with Gasteiger partial charge in [-0.05, 0) is 42.4 Å². The molecule has 2 spiro atoms. The highest BCUT2D eigenvalue weighted by atomic mass is 16.5. The summed E-state index contributed by atoms with van der Waals surface area (Å²) in [5, 5.41) is 9.82. The van der Waals surface area contributed by atoms with E-state index in [1.807, 2.05) is 0 Å². The third-order valence-electron chi connectivity index (χ3n) is 4.40. The molecule has 1 unspecified atom stereocenters. The van der Waals surface area contributed by atoms with Crippen LogP contribution in [0.5, 0.6) is 0 Å². The second kappa shape index (κ2) is 1.88. The topological polar surface area (TPSA) is 29.5 Å². The second-order valence-electron chi connectivity index (χ2n) is 4.81. The molecule has 0 bridgehead atoms. The van der Waals surface area contributed by atoms with Crippen LogP contribution in [0.1, 0.15) is 25.7 Å². The zero-order chi connectivity index (χ0) is 8.40. The summed E-state index contributed by atoms with van der Waals surface area (Å²) in [7, 11) is 1.67. The lowest BCUT2D eigenvalue weighted by Crippen LogP contribution is -2.18. The van der Waals surface area contributed by atoms with Crippen molar-refractivity contribution in [1.82, 2.24) is 0 Å². The normalized spacial score (nSPS) is 40.0. The van der Waals surface area contributed by atoms with Gasteiger partial charge in [0, 0.05) is 7.11 Å². The van der Waals surface area contributed by atoms with Gasteiger partial charge in [-0.25, -0.2) is 0 Å². The van der Waals surface area contributed by atoms with Gasteiger partial charge in [-0.2, -0.15) is 0 Å². The Labute approximate surface area is 72.9 Å². The lowest BCUT2D eigenvalue weighted by atomic mass is 10.2. The number of hydrogen-bond donors (Lipinski definition) is 1. The molecule has 2 nitrogen and oxygen atoms in total. The van der Waals surface area contributed by atoms with Gasteiger partial charge >= 0.3 is 0 Å². The predicted octanol–water partition coefficient (Wildman–Crippen LogP) is 1.18. The number of ether oxygens (including phenoxy) is 1. The molecule has 0 aliphatic heterocycles. The zero-order valence-corrected chi connectivity index (χ0v) is 7.55. The van der Waals surface area contributed by atoms with E-state index >= 15 is 0 Å². The SMILES string of the molecule is COCC(O)C1C2(CC2)C12CC2. The maximum absolute atomic E-state index is 9.82. The number of aliphatic hydroxyl groups is 1. The average Bonchev–Trinajstić information content (AvgIpc) is 2.83. The molecule has 12 heavy (non-hydrogen) atoms. The smallest absolute Gasteiger partial charge is 0.0812 e. The van der Waals surface area contributed by atoms with Crippen LogP contribution in [0.2, 0.25) is 0 Å². The molecule has 3 rings (SSSR count). The monoisotopic (exact) mass is 168 g/mol. The molecule has 0 amide bonds. The maximum Gasteiger partial charge on any atom is 0.0812 e. The quantitative estimate of drug-likeness (QED) is 0.685. The van der Waals surface area contributed by atoms with E-state index in [0.717, 1.165) is 0 Å². The van der Waals surface area contributed by atoms with Crippen LogP contribution in [-0.2, 0) is 4.74 Å². The fourth-order valence-corrected chi connectivity index (χ4v) is 3.67. The summed E-state index contributed by atoms with van der Waals surface area (Å²) < 4.78 is 5.00. The first-order chi connectivity index (χ1) is 5.77. The molecule has 3 saturated carbocycles. The van der Waals surface area contributed by atoms with Crippen LogP contribution in [0.4, 0.5) is 0 Å². The zero-order valence-electron chi connectivity index (χ0n) is 7.55. The Morgan fingerprint density at radius 2 is 1.83 bits per heavy atom. The van der Waals surface area contributed by atoms with Crippen LogP contribution >= 0.6 is 0 Å². The minimum atomic E-state index is -0.181. The molecule has 0 aromatic heterocycles. The molecule has 1 atom stereocenters. The molecule has 1 N–H and O–H groups in total. The molecular weight excluding hydrogens is 152 g/mol. The molecular formula is C10H16O2. The Balaban J connectivity index is 1.72. The van der Waals surface area contributed by atoms with Crippen molar-refractivity contribution in [2.24, 2.45) is 16.7 Å². The van der Waals surface area contributed by atoms with Crippen LogP contribution in [0.15, 0.2) is 0 Å². The third kappa shape index (κ3) is 0.612. The summed E-state index contributed by atoms with van der Waals surface area (Å²) in [6.07, 6.45) is 5.31. The lowest BCUT2D eigenvalue weighted by Gasteiger charge is -2.07. The summed E-state index contributed by atoms with van der Waals surface area (Å²) in [5.41, 5.74) is 1.23. The highest BCUT2D eigenvalue weighted by Gasteiger charge is 2.87. The summed E-state index contributed by atoms with van der Waals surface area (Å²) in [5.74, 6) is 0.602. The van der Waals surface area contributed by atoms with E-state index in [4.69, 9.17) is 4.74 Å². The standard InChI is InChI=1S/C10H16O2/c1-12-6-7(11)8-9(2-3-9)10(8)4-5-10/h7-8,11H,2-6H2,1H3. The van der Waals surface area contributed by atoms with Gasteiger partial charge in [-0.3, -0.25) is 0 Å². The van der Waals surface area contributed by atoms with Crippen molar-refractivity contribution in [3.05, 3.63) is 0 Å². The first-order valence-electron chi connectivity index (χ1n) is 4.94. The van der Waals surface area contributed by atoms with Crippen molar-refractivity contribution in [2.45, 2.75) is 31.8 Å². The highest BCUT2D eigenvalue weighted by Crippen LogP contribution is 2.93.